The molecular formula is C24H20N2OSe. The number of hydrogen-bond donors (Lipinski definition) is 1. The predicted molar refractivity (Wildman–Crippen MR) is 115 cm³/mol. The number of nitrogens with zero attached hydrogens (tertiary/aromatic N) is 1. The van der Waals surface area contributed by atoms with Crippen LogP contribution in [-0.2, 0) is 6.54 Å². The average molecular weight is 431 g/mol. The number of ketones is 1. The van der Waals surface area contributed by atoms with Crippen molar-refractivity contribution in [3.63, 3.8) is 0 Å². The number of aromatic nitrogens is 1. The average Bonchev–Trinajstić information content (AvgIpc) is 3.18. The predicted octanol–water partition coefficient (Wildman–Crippen LogP) is 4.96. The molecule has 1 heterocycles. The van der Waals surface area contributed by atoms with Gasteiger partial charge in [0.05, 0.1) is 0 Å². The van der Waals surface area contributed by atoms with Crippen molar-refractivity contribution in [2.75, 3.05) is 5.32 Å². The van der Waals surface area contributed by atoms with Gasteiger partial charge in [-0.2, -0.15) is 0 Å². The van der Waals surface area contributed by atoms with E-state index < -0.39 is 0 Å². The Morgan fingerprint density at radius 3 is 2.21 bits per heavy atom. The fraction of sp³-hybridized carbons (Fsp3) is 0.0833. The Bertz CT molecular complexity index is 1070. The number of nitrogens with one attached hydrogen (secondary N) is 1. The molecule has 0 aliphatic rings. The Kier molecular flexibility index (Phi) is 5.52. The van der Waals surface area contributed by atoms with E-state index >= 15 is 0 Å². The van der Waals surface area contributed by atoms with E-state index in [1.807, 2.05) is 79.7 Å². The number of benzene rings is 3. The van der Waals surface area contributed by atoms with Crippen molar-refractivity contribution in [1.82, 2.24) is 4.98 Å². The SMILES string of the molecule is Cc1ccc(C(=O)c2[se]c(NCc3ccccc3)nc2-c2ccccc2)cc1. The third-order valence-electron chi connectivity index (χ3n) is 4.48. The first-order valence-electron chi connectivity index (χ1n) is 9.16. The summed E-state index contributed by atoms with van der Waals surface area (Å²) in [7, 11) is 0. The summed E-state index contributed by atoms with van der Waals surface area (Å²) in [6.07, 6.45) is 0. The fourth-order valence-electron chi connectivity index (χ4n) is 2.95. The molecule has 1 N–H and O–H groups in total. The van der Waals surface area contributed by atoms with Crippen molar-refractivity contribution in [1.29, 1.82) is 0 Å². The van der Waals surface area contributed by atoms with E-state index in [2.05, 4.69) is 17.4 Å². The molecule has 28 heavy (non-hydrogen) atoms. The molecule has 0 fully saturated rings. The van der Waals surface area contributed by atoms with E-state index in [1.54, 1.807) is 0 Å². The molecule has 4 heteroatoms. The van der Waals surface area contributed by atoms with E-state index in [-0.39, 0.29) is 20.3 Å². The summed E-state index contributed by atoms with van der Waals surface area (Å²) >= 11 is -0.151. The van der Waals surface area contributed by atoms with Crippen LogP contribution in [0.15, 0.2) is 84.9 Å². The molecule has 4 aromatic rings. The van der Waals surface area contributed by atoms with Crippen LogP contribution in [0, 0.1) is 6.92 Å². The molecule has 0 saturated carbocycles. The van der Waals surface area contributed by atoms with Gasteiger partial charge in [0, 0.05) is 0 Å². The monoisotopic (exact) mass is 432 g/mol. The third kappa shape index (κ3) is 4.14. The molecule has 0 bridgehead atoms. The van der Waals surface area contributed by atoms with Crippen molar-refractivity contribution in [2.24, 2.45) is 0 Å². The molecule has 0 amide bonds. The minimum absolute atomic E-state index is 0.0686. The zero-order chi connectivity index (χ0) is 19.3. The van der Waals surface area contributed by atoms with Crippen LogP contribution >= 0.6 is 0 Å². The maximum atomic E-state index is 13.2. The van der Waals surface area contributed by atoms with Crippen molar-refractivity contribution in [3.05, 3.63) is 106 Å². The first-order chi connectivity index (χ1) is 13.7. The van der Waals surface area contributed by atoms with Gasteiger partial charge in [0.15, 0.2) is 0 Å². The van der Waals surface area contributed by atoms with Crippen LogP contribution in [0.5, 0.6) is 0 Å². The Labute approximate surface area is 170 Å². The Balaban J connectivity index is 1.68. The van der Waals surface area contributed by atoms with Crippen LogP contribution in [-0.4, -0.2) is 25.3 Å². The first kappa shape index (κ1) is 18.4. The summed E-state index contributed by atoms with van der Waals surface area (Å²) in [4.78, 5) is 18.0. The van der Waals surface area contributed by atoms with Crippen molar-refractivity contribution < 1.29 is 4.79 Å². The Morgan fingerprint density at radius 1 is 0.893 bits per heavy atom. The van der Waals surface area contributed by atoms with Crippen LogP contribution in [0.4, 0.5) is 4.69 Å². The van der Waals surface area contributed by atoms with Crippen molar-refractivity contribution >= 4 is 25.0 Å². The second-order valence-electron chi connectivity index (χ2n) is 6.60. The van der Waals surface area contributed by atoms with E-state index in [1.165, 1.54) is 5.56 Å². The Hall–Kier alpha value is -2.94. The number of aryl methyl sites for hydroxylation is 1. The van der Waals surface area contributed by atoms with E-state index in [0.29, 0.717) is 6.54 Å². The molecule has 0 radical (unpaired) electrons. The number of anilines is 1. The number of rotatable bonds is 6. The topological polar surface area (TPSA) is 42.0 Å². The molecule has 0 saturated heterocycles. The third-order valence-corrected chi connectivity index (χ3v) is 6.60. The second-order valence-corrected chi connectivity index (χ2v) is 8.69. The summed E-state index contributed by atoms with van der Waals surface area (Å²) < 4.78 is 1.70. The summed E-state index contributed by atoms with van der Waals surface area (Å²) in [6, 6.07) is 27.9. The van der Waals surface area contributed by atoms with Gasteiger partial charge in [0.2, 0.25) is 0 Å². The van der Waals surface area contributed by atoms with Crippen LogP contribution in [0.25, 0.3) is 11.3 Å². The quantitative estimate of drug-likeness (QED) is 0.347. The molecule has 0 aliphatic heterocycles. The van der Waals surface area contributed by atoms with Crippen LogP contribution in [0.2, 0.25) is 0 Å². The van der Waals surface area contributed by atoms with E-state index in [9.17, 15) is 4.79 Å². The number of carbonyl (C=O) groups is 1. The van der Waals surface area contributed by atoms with Crippen LogP contribution in [0.3, 0.4) is 0 Å². The molecule has 3 aromatic carbocycles. The molecule has 4 rings (SSSR count). The second kappa shape index (κ2) is 8.39. The molecule has 138 valence electrons. The van der Waals surface area contributed by atoms with Gasteiger partial charge < -0.3 is 0 Å². The molecule has 1 aromatic heterocycles. The number of hydrogen-bond acceptors (Lipinski definition) is 3. The van der Waals surface area contributed by atoms with Crippen LogP contribution < -0.4 is 5.32 Å². The fourth-order valence-corrected chi connectivity index (χ4v) is 4.93. The summed E-state index contributed by atoms with van der Waals surface area (Å²) in [5, 5.41) is 3.43. The van der Waals surface area contributed by atoms with Gasteiger partial charge >= 0.3 is 171 Å². The number of carbonyl (C=O) groups excluding carboxylic acids is 1. The zero-order valence-electron chi connectivity index (χ0n) is 15.6. The van der Waals surface area contributed by atoms with Crippen molar-refractivity contribution in [3.8, 4) is 11.3 Å². The van der Waals surface area contributed by atoms with Gasteiger partial charge in [-0.05, 0) is 0 Å². The standard InChI is InChI=1S/C24H20N2OSe/c1-17-12-14-20(15-13-17)22(27)23-21(19-10-6-3-7-11-19)26-24(28-23)25-16-18-8-4-2-5-9-18/h2-15H,16H2,1H3,(H,25,26). The van der Waals surface area contributed by atoms with Gasteiger partial charge in [-0.3, -0.25) is 0 Å². The minimum atomic E-state index is -0.151. The normalized spacial score (nSPS) is 10.6. The zero-order valence-corrected chi connectivity index (χ0v) is 17.3. The molecular weight excluding hydrogens is 411 g/mol. The van der Waals surface area contributed by atoms with Crippen molar-refractivity contribution in [2.45, 2.75) is 13.5 Å². The van der Waals surface area contributed by atoms with Crippen LogP contribution in [0.1, 0.15) is 25.9 Å². The molecule has 0 unspecified atom stereocenters. The summed E-state index contributed by atoms with van der Waals surface area (Å²) in [5.74, 6) is 0.0686. The van der Waals surface area contributed by atoms with Gasteiger partial charge in [-0.1, -0.05) is 0 Å². The van der Waals surface area contributed by atoms with E-state index in [4.69, 9.17) is 4.98 Å². The first-order valence-corrected chi connectivity index (χ1v) is 10.9. The van der Waals surface area contributed by atoms with Gasteiger partial charge in [0.25, 0.3) is 0 Å². The molecule has 0 atom stereocenters. The maximum absolute atomic E-state index is 13.2. The molecule has 0 spiro atoms. The summed E-state index contributed by atoms with van der Waals surface area (Å²) in [5.41, 5.74) is 4.83. The van der Waals surface area contributed by atoms with Gasteiger partial charge in [-0.15, -0.1) is 0 Å². The van der Waals surface area contributed by atoms with E-state index in [0.717, 1.165) is 31.5 Å². The van der Waals surface area contributed by atoms with Gasteiger partial charge in [0.1, 0.15) is 0 Å². The Morgan fingerprint density at radius 2 is 1.54 bits per heavy atom. The molecule has 0 aliphatic carbocycles. The van der Waals surface area contributed by atoms with Gasteiger partial charge in [-0.25, -0.2) is 0 Å². The summed E-state index contributed by atoms with van der Waals surface area (Å²) in [6.45, 7) is 2.73. The molecule has 3 nitrogen and oxygen atoms in total.